The molecule has 3 aromatic rings. The molecule has 0 aliphatic heterocycles. The lowest BCUT2D eigenvalue weighted by Gasteiger charge is -1.95. The minimum atomic E-state index is -0.776. The van der Waals surface area contributed by atoms with Crippen LogP contribution in [0.1, 0.15) is 12.1 Å². The van der Waals surface area contributed by atoms with Crippen molar-refractivity contribution in [1.29, 1.82) is 0 Å². The number of imidazole rings is 1. The molecule has 7 heteroatoms. The standard InChI is InChI=1S/C12H9BrN2O2S2/c13-10-3-2-9(19-10)8-5-15-7(1-4-11(16)17)6-18-12(15)14-8/h2-3,5-6H,1,4H2,(H,16,17). The van der Waals surface area contributed by atoms with Crippen LogP contribution in [0.3, 0.4) is 0 Å². The van der Waals surface area contributed by atoms with E-state index in [-0.39, 0.29) is 6.42 Å². The largest absolute Gasteiger partial charge is 0.481 e. The first-order chi connectivity index (χ1) is 9.13. The van der Waals surface area contributed by atoms with E-state index < -0.39 is 5.97 Å². The predicted molar refractivity (Wildman–Crippen MR) is 80.0 cm³/mol. The summed E-state index contributed by atoms with van der Waals surface area (Å²) in [6, 6.07) is 4.02. The van der Waals surface area contributed by atoms with Crippen LogP contribution in [0.15, 0.2) is 27.5 Å². The number of carboxylic acids is 1. The number of aliphatic carboxylic acids is 1. The fourth-order valence-corrected chi connectivity index (χ4v) is 4.06. The minimum absolute atomic E-state index is 0.143. The molecule has 3 rings (SSSR count). The van der Waals surface area contributed by atoms with Gasteiger partial charge >= 0.3 is 5.97 Å². The van der Waals surface area contributed by atoms with E-state index in [1.807, 2.05) is 28.1 Å². The van der Waals surface area contributed by atoms with Crippen molar-refractivity contribution in [3.63, 3.8) is 0 Å². The zero-order valence-electron chi connectivity index (χ0n) is 9.67. The number of halogens is 1. The summed E-state index contributed by atoms with van der Waals surface area (Å²) in [4.78, 5) is 17.2. The van der Waals surface area contributed by atoms with Crippen LogP contribution in [-0.2, 0) is 11.2 Å². The summed E-state index contributed by atoms with van der Waals surface area (Å²) in [7, 11) is 0. The molecule has 19 heavy (non-hydrogen) atoms. The Labute approximate surface area is 125 Å². The number of aromatic nitrogens is 2. The van der Waals surface area contributed by atoms with Gasteiger partial charge in [0.1, 0.15) is 5.69 Å². The van der Waals surface area contributed by atoms with Crippen molar-refractivity contribution in [3.05, 3.63) is 33.2 Å². The number of carbonyl (C=O) groups is 1. The summed E-state index contributed by atoms with van der Waals surface area (Å²) < 4.78 is 3.06. The molecule has 0 radical (unpaired) electrons. The quantitative estimate of drug-likeness (QED) is 0.770. The lowest BCUT2D eigenvalue weighted by atomic mass is 10.2. The Balaban J connectivity index is 1.95. The molecule has 0 aliphatic carbocycles. The van der Waals surface area contributed by atoms with Gasteiger partial charge in [0, 0.05) is 17.3 Å². The van der Waals surface area contributed by atoms with Crippen LogP contribution in [-0.4, -0.2) is 20.5 Å². The smallest absolute Gasteiger partial charge is 0.303 e. The average Bonchev–Trinajstić information content (AvgIpc) is 3.00. The number of fused-ring (bicyclic) bond motifs is 1. The van der Waals surface area contributed by atoms with E-state index in [4.69, 9.17) is 5.11 Å². The second kappa shape index (κ2) is 5.07. The van der Waals surface area contributed by atoms with E-state index in [9.17, 15) is 4.79 Å². The van der Waals surface area contributed by atoms with E-state index in [1.165, 1.54) is 11.3 Å². The SMILES string of the molecule is O=C(O)CCc1csc2nc(-c3ccc(Br)s3)cn12. The lowest BCUT2D eigenvalue weighted by Crippen LogP contribution is -1.99. The molecule has 98 valence electrons. The van der Waals surface area contributed by atoms with Crippen molar-refractivity contribution in [2.75, 3.05) is 0 Å². The van der Waals surface area contributed by atoms with Crippen LogP contribution < -0.4 is 0 Å². The van der Waals surface area contributed by atoms with Crippen molar-refractivity contribution >= 4 is 49.5 Å². The third-order valence-electron chi connectivity index (χ3n) is 2.70. The molecular weight excluding hydrogens is 348 g/mol. The van der Waals surface area contributed by atoms with Gasteiger partial charge < -0.3 is 5.11 Å². The molecule has 0 saturated heterocycles. The van der Waals surface area contributed by atoms with Crippen LogP contribution in [0.4, 0.5) is 0 Å². The zero-order chi connectivity index (χ0) is 13.4. The number of carboxylic acid groups (broad SMARTS) is 1. The van der Waals surface area contributed by atoms with Gasteiger partial charge in [-0.1, -0.05) is 0 Å². The highest BCUT2D eigenvalue weighted by Gasteiger charge is 2.11. The molecule has 0 atom stereocenters. The van der Waals surface area contributed by atoms with E-state index in [1.54, 1.807) is 11.3 Å². The molecule has 0 aliphatic rings. The molecule has 0 fully saturated rings. The molecule has 1 N–H and O–H groups in total. The van der Waals surface area contributed by atoms with E-state index >= 15 is 0 Å². The maximum Gasteiger partial charge on any atom is 0.303 e. The average molecular weight is 357 g/mol. The Hall–Kier alpha value is -1.18. The Morgan fingerprint density at radius 2 is 2.32 bits per heavy atom. The summed E-state index contributed by atoms with van der Waals surface area (Å²) >= 11 is 6.62. The van der Waals surface area contributed by atoms with Crippen LogP contribution in [0.25, 0.3) is 15.5 Å². The number of aryl methyl sites for hydroxylation is 1. The zero-order valence-corrected chi connectivity index (χ0v) is 12.9. The number of rotatable bonds is 4. The molecule has 0 amide bonds. The van der Waals surface area contributed by atoms with Crippen LogP contribution in [0.5, 0.6) is 0 Å². The molecule has 3 heterocycles. The van der Waals surface area contributed by atoms with Gasteiger partial charge in [-0.05, 0) is 34.5 Å². The third-order valence-corrected chi connectivity index (χ3v) is 5.24. The predicted octanol–water partition coefficient (Wildman–Crippen LogP) is 3.90. The highest BCUT2D eigenvalue weighted by Crippen LogP contribution is 2.32. The minimum Gasteiger partial charge on any atom is -0.481 e. The van der Waals surface area contributed by atoms with Crippen molar-refractivity contribution in [2.24, 2.45) is 0 Å². The molecule has 0 bridgehead atoms. The van der Waals surface area contributed by atoms with Gasteiger partial charge in [-0.2, -0.15) is 0 Å². The van der Waals surface area contributed by atoms with Crippen molar-refractivity contribution in [3.8, 4) is 10.6 Å². The number of nitrogens with zero attached hydrogens (tertiary/aromatic N) is 2. The first kappa shape index (κ1) is 12.8. The normalized spacial score (nSPS) is 11.2. The fourth-order valence-electron chi connectivity index (χ4n) is 1.81. The van der Waals surface area contributed by atoms with Gasteiger partial charge in [-0.25, -0.2) is 4.98 Å². The number of hydrogen-bond acceptors (Lipinski definition) is 4. The number of hydrogen-bond donors (Lipinski definition) is 1. The van der Waals surface area contributed by atoms with Crippen molar-refractivity contribution in [2.45, 2.75) is 12.8 Å². The Morgan fingerprint density at radius 1 is 1.47 bits per heavy atom. The summed E-state index contributed by atoms with van der Waals surface area (Å²) in [6.07, 6.45) is 2.64. The Bertz CT molecular complexity index is 744. The second-order valence-corrected chi connectivity index (χ2v) is 7.30. The first-order valence-electron chi connectivity index (χ1n) is 5.56. The number of thiophene rings is 1. The Morgan fingerprint density at radius 3 is 3.00 bits per heavy atom. The highest BCUT2D eigenvalue weighted by molar-refractivity contribution is 9.11. The third kappa shape index (κ3) is 2.58. The summed E-state index contributed by atoms with van der Waals surface area (Å²) in [6.45, 7) is 0. The molecule has 0 aromatic carbocycles. The van der Waals surface area contributed by atoms with Crippen LogP contribution >= 0.6 is 38.6 Å². The fraction of sp³-hybridized carbons (Fsp3) is 0.167. The number of thiazole rings is 1. The maximum absolute atomic E-state index is 10.6. The highest BCUT2D eigenvalue weighted by atomic mass is 79.9. The first-order valence-corrected chi connectivity index (χ1v) is 8.05. The van der Waals surface area contributed by atoms with E-state index in [0.29, 0.717) is 6.42 Å². The summed E-state index contributed by atoms with van der Waals surface area (Å²) in [5, 5.41) is 10.7. The Kier molecular flexibility index (Phi) is 3.42. The maximum atomic E-state index is 10.6. The van der Waals surface area contributed by atoms with Gasteiger partial charge in [0.25, 0.3) is 0 Å². The monoisotopic (exact) mass is 356 g/mol. The van der Waals surface area contributed by atoms with Crippen LogP contribution in [0, 0.1) is 0 Å². The summed E-state index contributed by atoms with van der Waals surface area (Å²) in [5.41, 5.74) is 1.93. The topological polar surface area (TPSA) is 54.6 Å². The molecule has 0 spiro atoms. The molecule has 4 nitrogen and oxygen atoms in total. The van der Waals surface area contributed by atoms with Gasteiger partial charge in [-0.3, -0.25) is 9.20 Å². The second-order valence-electron chi connectivity index (χ2n) is 4.00. The summed E-state index contributed by atoms with van der Waals surface area (Å²) in [5.74, 6) is -0.776. The molecular formula is C12H9BrN2O2S2. The van der Waals surface area contributed by atoms with Gasteiger partial charge in [-0.15, -0.1) is 22.7 Å². The molecule has 3 aromatic heterocycles. The van der Waals surface area contributed by atoms with Gasteiger partial charge in [0.2, 0.25) is 0 Å². The van der Waals surface area contributed by atoms with Crippen LogP contribution in [0.2, 0.25) is 0 Å². The van der Waals surface area contributed by atoms with E-state index in [2.05, 4.69) is 20.9 Å². The molecule has 0 unspecified atom stereocenters. The van der Waals surface area contributed by atoms with E-state index in [0.717, 1.165) is 25.0 Å². The van der Waals surface area contributed by atoms with Crippen molar-refractivity contribution in [1.82, 2.24) is 9.38 Å². The van der Waals surface area contributed by atoms with Gasteiger partial charge in [0.05, 0.1) is 15.1 Å². The van der Waals surface area contributed by atoms with Crippen molar-refractivity contribution < 1.29 is 9.90 Å². The molecule has 0 saturated carbocycles. The van der Waals surface area contributed by atoms with Gasteiger partial charge in [0.15, 0.2) is 4.96 Å². The lowest BCUT2D eigenvalue weighted by molar-refractivity contribution is -0.136.